The number of carboxylic acids is 1. The molecule has 0 heterocycles. The predicted octanol–water partition coefficient (Wildman–Crippen LogP) is -1.56. The second kappa shape index (κ2) is 17.3. The van der Waals surface area contributed by atoms with Crippen LogP contribution in [0, 0.1) is 0 Å². The topological polar surface area (TPSA) is 243 Å². The lowest BCUT2D eigenvalue weighted by molar-refractivity contribution is -0.142. The van der Waals surface area contributed by atoms with Gasteiger partial charge in [0.15, 0.2) is 0 Å². The lowest BCUT2D eigenvalue weighted by Crippen LogP contribution is -2.58. The monoisotopic (exact) mass is 538 g/mol. The average Bonchev–Trinajstić information content (AvgIpc) is 2.87. The Hall–Kier alpha value is -3.26. The Balaban J connectivity index is 3.14. The Morgan fingerprint density at radius 1 is 0.789 bits per heavy atom. The molecule has 214 valence electrons. The van der Waals surface area contributed by atoms with Gasteiger partial charge >= 0.3 is 5.97 Å². The van der Waals surface area contributed by atoms with Crippen molar-refractivity contribution in [2.24, 2.45) is 17.2 Å². The first-order valence-electron chi connectivity index (χ1n) is 12.8. The second-order valence-electron chi connectivity index (χ2n) is 9.23. The highest BCUT2D eigenvalue weighted by atomic mass is 16.4. The summed E-state index contributed by atoms with van der Waals surface area (Å²) in [5, 5.41) is 36.4. The van der Waals surface area contributed by atoms with Crippen molar-refractivity contribution in [2.75, 3.05) is 13.1 Å². The number of rotatable bonds is 18. The van der Waals surface area contributed by atoms with Gasteiger partial charge in [-0.05, 0) is 76.2 Å². The molecule has 0 fully saturated rings. The fourth-order valence-electron chi connectivity index (χ4n) is 3.62. The van der Waals surface area contributed by atoms with Crippen LogP contribution in [-0.2, 0) is 25.6 Å². The summed E-state index contributed by atoms with van der Waals surface area (Å²) in [5.74, 6) is -3.34. The molecule has 0 aliphatic carbocycles. The van der Waals surface area contributed by atoms with Gasteiger partial charge < -0.3 is 48.5 Å². The zero-order valence-corrected chi connectivity index (χ0v) is 21.8. The van der Waals surface area contributed by atoms with Gasteiger partial charge in [0.05, 0.1) is 6.10 Å². The molecule has 0 spiro atoms. The van der Waals surface area contributed by atoms with Crippen LogP contribution in [0.5, 0.6) is 5.75 Å². The number of aromatic hydroxyl groups is 1. The van der Waals surface area contributed by atoms with E-state index in [1.54, 1.807) is 12.1 Å². The summed E-state index contributed by atoms with van der Waals surface area (Å²) in [5.41, 5.74) is 17.3. The molecule has 0 saturated heterocycles. The number of carbonyl (C=O) groups excluding carboxylic acids is 3. The van der Waals surface area contributed by atoms with Crippen LogP contribution in [0.3, 0.4) is 0 Å². The largest absolute Gasteiger partial charge is 0.508 e. The Kier molecular flexibility index (Phi) is 14.9. The molecule has 1 rings (SSSR count). The van der Waals surface area contributed by atoms with Gasteiger partial charge in [-0.3, -0.25) is 14.4 Å². The number of aliphatic carboxylic acids is 1. The molecular weight excluding hydrogens is 496 g/mol. The molecule has 0 aliphatic rings. The lowest BCUT2D eigenvalue weighted by atomic mass is 10.0. The van der Waals surface area contributed by atoms with Crippen LogP contribution in [-0.4, -0.2) is 82.4 Å². The standard InChI is InChI=1S/C25H42N6O7/c1-15(32)21(28)24(36)29-18(6-2-4-12-26)22(34)31-20(14-16-8-10-17(33)11-9-16)23(35)30-19(25(37)38)7-3-5-13-27/h8-11,15,18-21,32-33H,2-7,12-14,26-28H2,1H3,(H,29,36)(H,30,35)(H,31,34)(H,37,38). The highest BCUT2D eigenvalue weighted by Gasteiger charge is 2.31. The number of benzene rings is 1. The number of hydrogen-bond donors (Lipinski definition) is 9. The number of nitrogens with two attached hydrogens (primary N) is 3. The van der Waals surface area contributed by atoms with E-state index in [2.05, 4.69) is 16.0 Å². The van der Waals surface area contributed by atoms with Gasteiger partial charge in [0.2, 0.25) is 17.7 Å². The number of nitrogens with one attached hydrogen (secondary N) is 3. The molecule has 5 atom stereocenters. The van der Waals surface area contributed by atoms with E-state index in [9.17, 15) is 34.5 Å². The number of phenolic OH excluding ortho intramolecular Hbond substituents is 1. The minimum Gasteiger partial charge on any atom is -0.508 e. The number of hydrogen-bond acceptors (Lipinski definition) is 9. The Morgan fingerprint density at radius 2 is 1.26 bits per heavy atom. The molecule has 0 bridgehead atoms. The Bertz CT molecular complexity index is 897. The summed E-state index contributed by atoms with van der Waals surface area (Å²) < 4.78 is 0. The summed E-state index contributed by atoms with van der Waals surface area (Å²) in [6.45, 7) is 2.11. The number of aliphatic hydroxyl groups is 1. The van der Waals surface area contributed by atoms with Gasteiger partial charge in [-0.2, -0.15) is 0 Å². The lowest BCUT2D eigenvalue weighted by Gasteiger charge is -2.26. The molecular formula is C25H42N6O7. The average molecular weight is 539 g/mol. The van der Waals surface area contributed by atoms with Crippen LogP contribution in [0.2, 0.25) is 0 Å². The van der Waals surface area contributed by atoms with Crippen LogP contribution in [0.15, 0.2) is 24.3 Å². The molecule has 0 aliphatic heterocycles. The van der Waals surface area contributed by atoms with E-state index in [4.69, 9.17) is 17.2 Å². The first-order valence-corrected chi connectivity index (χ1v) is 12.8. The summed E-state index contributed by atoms with van der Waals surface area (Å²) in [4.78, 5) is 50.6. The van der Waals surface area contributed by atoms with Gasteiger partial charge in [0, 0.05) is 6.42 Å². The molecule has 5 unspecified atom stereocenters. The second-order valence-corrected chi connectivity index (χ2v) is 9.23. The highest BCUT2D eigenvalue weighted by Crippen LogP contribution is 2.13. The van der Waals surface area contributed by atoms with Gasteiger partial charge in [-0.1, -0.05) is 12.1 Å². The number of phenols is 1. The van der Waals surface area contributed by atoms with E-state index in [1.165, 1.54) is 19.1 Å². The Labute approximate surface area is 222 Å². The molecule has 3 amide bonds. The SMILES string of the molecule is CC(O)C(N)C(=O)NC(CCCCN)C(=O)NC(Cc1ccc(O)cc1)C(=O)NC(CCCCN)C(=O)O. The minimum atomic E-state index is -1.26. The maximum atomic E-state index is 13.2. The first kappa shape index (κ1) is 32.8. The van der Waals surface area contributed by atoms with E-state index < -0.39 is 54.0 Å². The highest BCUT2D eigenvalue weighted by molar-refractivity contribution is 5.94. The number of carbonyl (C=O) groups is 4. The molecule has 12 N–H and O–H groups in total. The quantitative estimate of drug-likeness (QED) is 0.0973. The maximum absolute atomic E-state index is 13.2. The fourth-order valence-corrected chi connectivity index (χ4v) is 3.62. The molecule has 0 aromatic heterocycles. The summed E-state index contributed by atoms with van der Waals surface area (Å²) >= 11 is 0. The molecule has 13 nitrogen and oxygen atoms in total. The van der Waals surface area contributed by atoms with E-state index in [1.807, 2.05) is 0 Å². The van der Waals surface area contributed by atoms with E-state index in [0.29, 0.717) is 44.3 Å². The van der Waals surface area contributed by atoms with Crippen LogP contribution in [0.25, 0.3) is 0 Å². The normalized spacial score (nSPS) is 15.0. The van der Waals surface area contributed by atoms with Crippen molar-refractivity contribution < 1.29 is 34.5 Å². The van der Waals surface area contributed by atoms with Crippen molar-refractivity contribution in [3.8, 4) is 5.75 Å². The van der Waals surface area contributed by atoms with Crippen molar-refractivity contribution in [1.29, 1.82) is 0 Å². The molecule has 1 aromatic carbocycles. The van der Waals surface area contributed by atoms with E-state index in [0.717, 1.165) is 0 Å². The molecule has 13 heteroatoms. The van der Waals surface area contributed by atoms with Crippen LogP contribution < -0.4 is 33.2 Å². The first-order chi connectivity index (χ1) is 18.0. The number of carboxylic acid groups (broad SMARTS) is 1. The van der Waals surface area contributed by atoms with E-state index in [-0.39, 0.29) is 25.0 Å². The minimum absolute atomic E-state index is 0.0103. The number of unbranched alkanes of at least 4 members (excludes halogenated alkanes) is 2. The van der Waals surface area contributed by atoms with Gasteiger partial charge in [-0.15, -0.1) is 0 Å². The van der Waals surface area contributed by atoms with Crippen LogP contribution in [0.1, 0.15) is 51.0 Å². The zero-order chi connectivity index (χ0) is 28.7. The molecule has 1 aromatic rings. The van der Waals surface area contributed by atoms with Gasteiger partial charge in [0.25, 0.3) is 0 Å². The fraction of sp³-hybridized carbons (Fsp3) is 0.600. The van der Waals surface area contributed by atoms with Gasteiger partial charge in [0.1, 0.15) is 29.9 Å². The van der Waals surface area contributed by atoms with Crippen molar-refractivity contribution >= 4 is 23.7 Å². The smallest absolute Gasteiger partial charge is 0.326 e. The third-order valence-corrected chi connectivity index (χ3v) is 5.97. The van der Waals surface area contributed by atoms with Crippen LogP contribution in [0.4, 0.5) is 0 Å². The summed E-state index contributed by atoms with van der Waals surface area (Å²) in [6.07, 6.45) is 1.36. The molecule has 0 radical (unpaired) electrons. The third-order valence-electron chi connectivity index (χ3n) is 5.97. The molecule has 0 saturated carbocycles. The third kappa shape index (κ3) is 11.9. The maximum Gasteiger partial charge on any atom is 0.326 e. The van der Waals surface area contributed by atoms with Crippen molar-refractivity contribution in [3.05, 3.63) is 29.8 Å². The summed E-state index contributed by atoms with van der Waals surface area (Å²) in [7, 11) is 0. The predicted molar refractivity (Wildman–Crippen MR) is 141 cm³/mol. The molecule has 38 heavy (non-hydrogen) atoms. The van der Waals surface area contributed by atoms with Gasteiger partial charge in [-0.25, -0.2) is 4.79 Å². The number of aliphatic hydroxyl groups excluding tert-OH is 1. The zero-order valence-electron chi connectivity index (χ0n) is 21.8. The van der Waals surface area contributed by atoms with Crippen molar-refractivity contribution in [3.63, 3.8) is 0 Å². The van der Waals surface area contributed by atoms with E-state index >= 15 is 0 Å². The summed E-state index contributed by atoms with van der Waals surface area (Å²) in [6, 6.07) is 1.27. The van der Waals surface area contributed by atoms with Crippen molar-refractivity contribution in [2.45, 2.75) is 82.1 Å². The van der Waals surface area contributed by atoms with Crippen molar-refractivity contribution in [1.82, 2.24) is 16.0 Å². The number of amides is 3. The Morgan fingerprint density at radius 3 is 1.76 bits per heavy atom. The van der Waals surface area contributed by atoms with Crippen LogP contribution >= 0.6 is 0 Å².